The van der Waals surface area contributed by atoms with Crippen LogP contribution >= 0.6 is 11.3 Å². The van der Waals surface area contributed by atoms with Gasteiger partial charge in [-0.05, 0) is 34.1 Å². The van der Waals surface area contributed by atoms with Gasteiger partial charge in [0.2, 0.25) is 10.0 Å². The summed E-state index contributed by atoms with van der Waals surface area (Å²) in [5.74, 6) is 0. The van der Waals surface area contributed by atoms with E-state index in [1.807, 2.05) is 20.8 Å². The lowest BCUT2D eigenvalue weighted by atomic mass is 10.3. The van der Waals surface area contributed by atoms with Crippen molar-refractivity contribution in [1.82, 2.24) is 19.5 Å². The van der Waals surface area contributed by atoms with Crippen LogP contribution in [0.25, 0.3) is 0 Å². The van der Waals surface area contributed by atoms with Gasteiger partial charge in [-0.25, -0.2) is 18.1 Å². The van der Waals surface area contributed by atoms with E-state index >= 15 is 0 Å². The number of rotatable bonds is 6. The molecule has 6 nitrogen and oxygen atoms in total. The SMILES string of the molecule is CC[C@H](NS(=O)(=O)c1c(C)nn(CC)c1C)c1ncc(C)s1. The van der Waals surface area contributed by atoms with Crippen LogP contribution in [0.3, 0.4) is 0 Å². The van der Waals surface area contributed by atoms with Crippen LogP contribution in [0.2, 0.25) is 0 Å². The van der Waals surface area contributed by atoms with E-state index < -0.39 is 10.0 Å². The number of nitrogens with one attached hydrogen (secondary N) is 1. The number of aromatic nitrogens is 3. The topological polar surface area (TPSA) is 76.9 Å². The molecule has 0 aliphatic rings. The van der Waals surface area contributed by atoms with E-state index in [4.69, 9.17) is 0 Å². The first-order chi connectivity index (χ1) is 10.3. The quantitative estimate of drug-likeness (QED) is 0.875. The van der Waals surface area contributed by atoms with E-state index in [2.05, 4.69) is 14.8 Å². The van der Waals surface area contributed by atoms with Gasteiger partial charge in [-0.2, -0.15) is 5.10 Å². The van der Waals surface area contributed by atoms with Gasteiger partial charge in [0, 0.05) is 17.6 Å². The van der Waals surface area contributed by atoms with Gasteiger partial charge in [-0.15, -0.1) is 11.3 Å². The van der Waals surface area contributed by atoms with Gasteiger partial charge in [0.15, 0.2) is 0 Å². The predicted octanol–water partition coefficient (Wildman–Crippen LogP) is 2.71. The minimum atomic E-state index is -3.63. The molecule has 22 heavy (non-hydrogen) atoms. The lowest BCUT2D eigenvalue weighted by Gasteiger charge is -2.15. The zero-order valence-electron chi connectivity index (χ0n) is 13.5. The zero-order valence-corrected chi connectivity index (χ0v) is 15.2. The van der Waals surface area contributed by atoms with E-state index in [1.54, 1.807) is 24.7 Å². The van der Waals surface area contributed by atoms with Crippen LogP contribution in [0.4, 0.5) is 0 Å². The molecule has 0 aliphatic carbocycles. The number of aryl methyl sites for hydroxylation is 3. The van der Waals surface area contributed by atoms with Crippen molar-refractivity contribution in [3.8, 4) is 0 Å². The van der Waals surface area contributed by atoms with E-state index in [1.165, 1.54) is 11.3 Å². The maximum Gasteiger partial charge on any atom is 0.244 e. The van der Waals surface area contributed by atoms with Crippen LogP contribution in [0, 0.1) is 20.8 Å². The summed E-state index contributed by atoms with van der Waals surface area (Å²) in [6, 6.07) is -0.313. The van der Waals surface area contributed by atoms with Crippen molar-refractivity contribution in [2.24, 2.45) is 0 Å². The van der Waals surface area contributed by atoms with E-state index in [0.29, 0.717) is 24.4 Å². The first-order valence-electron chi connectivity index (χ1n) is 7.28. The molecule has 2 aromatic heterocycles. The van der Waals surface area contributed by atoms with Gasteiger partial charge in [-0.1, -0.05) is 6.92 Å². The number of hydrogen-bond acceptors (Lipinski definition) is 5. The summed E-state index contributed by atoms with van der Waals surface area (Å²) in [5, 5.41) is 5.08. The Hall–Kier alpha value is -1.25. The molecule has 0 saturated heterocycles. The lowest BCUT2D eigenvalue weighted by Crippen LogP contribution is -2.29. The fourth-order valence-corrected chi connectivity index (χ4v) is 5.14. The molecule has 2 rings (SSSR count). The molecule has 0 fully saturated rings. The molecule has 0 saturated carbocycles. The average molecular weight is 342 g/mol. The van der Waals surface area contributed by atoms with Gasteiger partial charge >= 0.3 is 0 Å². The molecule has 2 heterocycles. The monoisotopic (exact) mass is 342 g/mol. The standard InChI is InChI=1S/C14H22N4O2S2/c1-6-12(14-15-8-9(3)21-14)17-22(19,20)13-10(4)16-18(7-2)11(13)5/h8,12,17H,6-7H2,1-5H3/t12-/m0/s1. The van der Waals surface area contributed by atoms with Crippen molar-refractivity contribution in [3.05, 3.63) is 27.5 Å². The largest absolute Gasteiger partial charge is 0.268 e. The molecule has 1 atom stereocenters. The molecule has 0 spiro atoms. The van der Waals surface area contributed by atoms with Crippen molar-refractivity contribution in [2.45, 2.75) is 58.5 Å². The number of nitrogens with zero attached hydrogens (tertiary/aromatic N) is 3. The molecule has 2 aromatic rings. The third kappa shape index (κ3) is 3.23. The summed E-state index contributed by atoms with van der Waals surface area (Å²) in [6.45, 7) is 10.00. The molecule has 0 amide bonds. The first-order valence-corrected chi connectivity index (χ1v) is 9.58. The van der Waals surface area contributed by atoms with Gasteiger partial charge < -0.3 is 0 Å². The van der Waals surface area contributed by atoms with E-state index in [0.717, 1.165) is 9.88 Å². The van der Waals surface area contributed by atoms with Crippen LogP contribution in [-0.4, -0.2) is 23.2 Å². The Morgan fingerprint density at radius 3 is 2.45 bits per heavy atom. The third-order valence-corrected chi connectivity index (χ3v) is 6.28. The number of hydrogen-bond donors (Lipinski definition) is 1. The fraction of sp³-hybridized carbons (Fsp3) is 0.571. The zero-order chi connectivity index (χ0) is 16.5. The Morgan fingerprint density at radius 1 is 1.32 bits per heavy atom. The van der Waals surface area contributed by atoms with Crippen molar-refractivity contribution >= 4 is 21.4 Å². The van der Waals surface area contributed by atoms with E-state index in [-0.39, 0.29) is 10.9 Å². The highest BCUT2D eigenvalue weighted by atomic mass is 32.2. The Kier molecular flexibility index (Phi) is 5.03. The minimum absolute atomic E-state index is 0.279. The molecule has 122 valence electrons. The summed E-state index contributed by atoms with van der Waals surface area (Å²) in [7, 11) is -3.63. The Balaban J connectivity index is 2.36. The molecule has 8 heteroatoms. The first kappa shape index (κ1) is 17.1. The van der Waals surface area contributed by atoms with E-state index in [9.17, 15) is 8.42 Å². The Bertz CT molecular complexity index is 762. The Morgan fingerprint density at radius 2 is 2.00 bits per heavy atom. The van der Waals surface area contributed by atoms with Gasteiger partial charge in [0.05, 0.1) is 17.4 Å². The minimum Gasteiger partial charge on any atom is -0.268 e. The molecule has 0 bridgehead atoms. The highest BCUT2D eigenvalue weighted by Crippen LogP contribution is 2.26. The smallest absolute Gasteiger partial charge is 0.244 e. The van der Waals surface area contributed by atoms with Gasteiger partial charge in [0.25, 0.3) is 0 Å². The molecule has 0 unspecified atom stereocenters. The molecular formula is C14H22N4O2S2. The second-order valence-corrected chi connectivity index (χ2v) is 8.12. The summed E-state index contributed by atoms with van der Waals surface area (Å²) in [6.07, 6.45) is 2.41. The van der Waals surface area contributed by atoms with Crippen molar-refractivity contribution in [1.29, 1.82) is 0 Å². The summed E-state index contributed by atoms with van der Waals surface area (Å²) in [4.78, 5) is 5.65. The second kappa shape index (κ2) is 6.47. The summed E-state index contributed by atoms with van der Waals surface area (Å²) < 4.78 is 30.0. The summed E-state index contributed by atoms with van der Waals surface area (Å²) in [5.41, 5.74) is 1.19. The maximum atomic E-state index is 12.8. The highest BCUT2D eigenvalue weighted by Gasteiger charge is 2.28. The maximum absolute atomic E-state index is 12.8. The second-order valence-electron chi connectivity index (χ2n) is 5.21. The molecular weight excluding hydrogens is 320 g/mol. The third-order valence-electron chi connectivity index (χ3n) is 3.53. The predicted molar refractivity (Wildman–Crippen MR) is 87.6 cm³/mol. The summed E-state index contributed by atoms with van der Waals surface area (Å²) >= 11 is 1.52. The van der Waals surface area contributed by atoms with Crippen molar-refractivity contribution < 1.29 is 8.42 Å². The Labute approximate surface area is 135 Å². The van der Waals surface area contributed by atoms with Crippen molar-refractivity contribution in [3.63, 3.8) is 0 Å². The van der Waals surface area contributed by atoms with Crippen LogP contribution in [0.5, 0.6) is 0 Å². The van der Waals surface area contributed by atoms with Crippen molar-refractivity contribution in [2.75, 3.05) is 0 Å². The lowest BCUT2D eigenvalue weighted by molar-refractivity contribution is 0.547. The van der Waals surface area contributed by atoms with Gasteiger partial charge in [-0.3, -0.25) is 4.68 Å². The van der Waals surface area contributed by atoms with Gasteiger partial charge in [0.1, 0.15) is 9.90 Å². The molecule has 1 N–H and O–H groups in total. The van der Waals surface area contributed by atoms with Crippen LogP contribution in [-0.2, 0) is 16.6 Å². The number of sulfonamides is 1. The highest BCUT2D eigenvalue weighted by molar-refractivity contribution is 7.89. The molecule has 0 radical (unpaired) electrons. The molecule has 0 aliphatic heterocycles. The molecule has 0 aromatic carbocycles. The van der Waals surface area contributed by atoms with Crippen LogP contribution in [0.1, 0.15) is 47.6 Å². The van der Waals surface area contributed by atoms with Crippen LogP contribution in [0.15, 0.2) is 11.1 Å². The number of thiazole rings is 1. The average Bonchev–Trinajstić information content (AvgIpc) is 2.99. The van der Waals surface area contributed by atoms with Crippen LogP contribution < -0.4 is 4.72 Å². The normalized spacial score (nSPS) is 13.5. The fourth-order valence-electron chi connectivity index (χ4n) is 2.47.